The Morgan fingerprint density at radius 3 is 1.58 bits per heavy atom. The predicted octanol–water partition coefficient (Wildman–Crippen LogP) is 15.1. The first-order chi connectivity index (χ1) is 44.6. The molecule has 7 aromatic heterocycles. The number of hydrogen-bond donors (Lipinski definition) is 7. The van der Waals surface area contributed by atoms with Gasteiger partial charge in [-0.05, 0) is 113 Å². The first-order valence-corrected chi connectivity index (χ1v) is 32.5. The molecule has 0 saturated carbocycles. The Kier molecular flexibility index (Phi) is 26.9. The maximum atomic E-state index is 14.6. The first-order valence-electron chi connectivity index (χ1n) is 29.9. The Morgan fingerprint density at radius 1 is 0.656 bits per heavy atom. The van der Waals surface area contributed by atoms with Crippen molar-refractivity contribution in [2.24, 2.45) is 22.0 Å². The average Bonchev–Trinajstić information content (AvgIpc) is 1.58. The number of nitrogens with zero attached hydrogens (tertiary/aromatic N) is 9. The molecule has 1 fully saturated rings. The number of nitrogens with two attached hydrogens (primary N) is 1. The van der Waals surface area contributed by atoms with Crippen LogP contribution in [0.5, 0.6) is 0 Å². The summed E-state index contributed by atoms with van der Waals surface area (Å²) >= 11 is 16.5. The standard InChI is InChI=1S/C20H22BFN2O4S.C20H21F2N5O.C13H17ClFN3O.C7H17NO.C6HCl2FN2/c1-13-6-8-15(9-7-13)29(25,26)24-12-17(16-10-14(22)11-23-18(16)24)21-27-19(2,3)20(4,5)28-21;1-20(2,3)16(5-6-28)26-19-14(22)8-15(23-4)17(27-19)13-10-25-18-12(13)7-11(21)9-24-18;1-13(2,3)10(5-6-19)17-12-8(15)7-9(16-4)11(14)18-12;1-7(2,3)6(8)4-5-9;1-10-4-2-3(9)5(7)11-6(4)8/h6-12H,1-5H3;7-10,16,28H,5-6H2,1-3H3,(H,24,25)(H,26,27);7,10,19H,5-6H2,1-3H3,(H,17,18);6,9H,4-5,8H2,1-3H3;2H. The Hall–Kier alpha value is -7.59. The molecule has 0 radical (unpaired) electrons. The summed E-state index contributed by atoms with van der Waals surface area (Å²) in [6.45, 7) is 48.4. The van der Waals surface area contributed by atoms with Gasteiger partial charge in [0, 0.05) is 72.1 Å². The van der Waals surface area contributed by atoms with Gasteiger partial charge in [-0.1, -0.05) is 115 Å². The maximum absolute atomic E-state index is 14.6. The van der Waals surface area contributed by atoms with Gasteiger partial charge in [-0.2, -0.15) is 0 Å². The predicted molar refractivity (Wildman–Crippen MR) is 367 cm³/mol. The second-order valence-electron chi connectivity index (χ2n) is 26.4. The summed E-state index contributed by atoms with van der Waals surface area (Å²) in [6.07, 6.45) is 6.64. The van der Waals surface area contributed by atoms with Gasteiger partial charge in [0.05, 0.1) is 53.9 Å². The summed E-state index contributed by atoms with van der Waals surface area (Å²) in [6, 6.07) is 11.9. The molecule has 9 rings (SSSR count). The van der Waals surface area contributed by atoms with E-state index in [0.29, 0.717) is 46.7 Å². The van der Waals surface area contributed by atoms with Gasteiger partial charge in [0.2, 0.25) is 17.1 Å². The van der Waals surface area contributed by atoms with Gasteiger partial charge in [0.1, 0.15) is 33.4 Å². The van der Waals surface area contributed by atoms with Gasteiger partial charge in [-0.3, -0.25) is 0 Å². The molecule has 0 aliphatic carbocycles. The van der Waals surface area contributed by atoms with E-state index in [0.717, 1.165) is 40.1 Å². The van der Waals surface area contributed by atoms with E-state index in [1.54, 1.807) is 18.3 Å². The maximum Gasteiger partial charge on any atom is 0.497 e. The molecule has 30 heteroatoms. The zero-order valence-electron chi connectivity index (χ0n) is 55.6. The van der Waals surface area contributed by atoms with Crippen LogP contribution in [0.4, 0.5) is 50.6 Å². The lowest BCUT2D eigenvalue weighted by Gasteiger charge is -2.32. The molecule has 0 bridgehead atoms. The number of halogens is 8. The highest BCUT2D eigenvalue weighted by Gasteiger charge is 2.53. The monoisotopic (exact) mass is 1410 g/mol. The number of nitrogens with one attached hydrogen (secondary N) is 3. The number of aromatic amines is 1. The lowest BCUT2D eigenvalue weighted by Crippen LogP contribution is -2.41. The summed E-state index contributed by atoms with van der Waals surface area (Å²) < 4.78 is 108. The lowest BCUT2D eigenvalue weighted by molar-refractivity contribution is 0.00578. The lowest BCUT2D eigenvalue weighted by atomic mass is 9.79. The van der Waals surface area contributed by atoms with E-state index in [2.05, 4.69) is 75.8 Å². The minimum Gasteiger partial charge on any atom is -0.399 e. The van der Waals surface area contributed by atoms with E-state index in [1.807, 2.05) is 76.2 Å². The first kappa shape index (κ1) is 79.1. The number of rotatable bonds is 14. The van der Waals surface area contributed by atoms with Gasteiger partial charge in [-0.25, -0.2) is 73.8 Å². The summed E-state index contributed by atoms with van der Waals surface area (Å²) in [4.78, 5) is 32.0. The minimum absolute atomic E-state index is 0.00535. The van der Waals surface area contributed by atoms with Crippen LogP contribution in [0, 0.1) is 72.0 Å². The fraction of sp³-hybridized carbons (Fsp3) is 0.424. The molecule has 96 heavy (non-hydrogen) atoms. The molecule has 20 nitrogen and oxygen atoms in total. The van der Waals surface area contributed by atoms with E-state index >= 15 is 0 Å². The quantitative estimate of drug-likeness (QED) is 0.0231. The van der Waals surface area contributed by atoms with Crippen molar-refractivity contribution in [3.63, 3.8) is 0 Å². The number of aromatic nitrogens is 7. The van der Waals surface area contributed by atoms with Crippen LogP contribution in [0.25, 0.3) is 47.9 Å². The van der Waals surface area contributed by atoms with Crippen LogP contribution in [0.1, 0.15) is 115 Å². The minimum atomic E-state index is -3.94. The smallest absolute Gasteiger partial charge is 0.399 e. The third-order valence-corrected chi connectivity index (χ3v) is 18.1. The second kappa shape index (κ2) is 32.6. The largest absolute Gasteiger partial charge is 0.497 e. The third kappa shape index (κ3) is 20.0. The number of hydrogen-bond acceptors (Lipinski definition) is 15. The average molecular weight is 1410 g/mol. The fourth-order valence-corrected chi connectivity index (χ4v) is 10.9. The van der Waals surface area contributed by atoms with Crippen molar-refractivity contribution in [3.05, 3.63) is 164 Å². The third-order valence-electron chi connectivity index (χ3n) is 15.6. The molecule has 8 heterocycles. The molecule has 1 aliphatic rings. The molecule has 3 unspecified atom stereocenters. The van der Waals surface area contributed by atoms with E-state index in [-0.39, 0.29) is 115 Å². The number of anilines is 2. The van der Waals surface area contributed by atoms with Gasteiger partial charge in [0.25, 0.3) is 10.0 Å². The Balaban J connectivity index is 0.000000231. The Bertz CT molecular complexity index is 4260. The molecule has 0 spiro atoms. The van der Waals surface area contributed by atoms with Gasteiger partial charge in [0.15, 0.2) is 34.1 Å². The highest BCUT2D eigenvalue weighted by molar-refractivity contribution is 7.90. The van der Waals surface area contributed by atoms with Crippen molar-refractivity contribution >= 4 is 108 Å². The number of aliphatic hydroxyl groups excluding tert-OH is 3. The van der Waals surface area contributed by atoms with Gasteiger partial charge in [-0.15, -0.1) is 0 Å². The van der Waals surface area contributed by atoms with Crippen LogP contribution in [0.3, 0.4) is 0 Å². The van der Waals surface area contributed by atoms with Crippen LogP contribution < -0.4 is 21.8 Å². The van der Waals surface area contributed by atoms with Crippen LogP contribution in [-0.4, -0.2) is 114 Å². The van der Waals surface area contributed by atoms with E-state index in [9.17, 15) is 35.5 Å². The molecule has 8 aromatic rings. The topological polar surface area (TPSA) is 262 Å². The molecular weight excluding hydrogens is 1330 g/mol. The van der Waals surface area contributed by atoms with Gasteiger partial charge >= 0.3 is 7.12 Å². The molecule has 1 aromatic carbocycles. The van der Waals surface area contributed by atoms with E-state index < -0.39 is 57.4 Å². The fourth-order valence-electron chi connectivity index (χ4n) is 9.03. The zero-order valence-corrected chi connectivity index (χ0v) is 58.7. The number of aliphatic hydroxyl groups is 3. The van der Waals surface area contributed by atoms with Crippen molar-refractivity contribution in [2.45, 2.75) is 150 Å². The Morgan fingerprint density at radius 2 is 1.11 bits per heavy atom. The van der Waals surface area contributed by atoms with E-state index in [1.165, 1.54) is 30.5 Å². The number of aryl methyl sites for hydroxylation is 1. The van der Waals surface area contributed by atoms with Crippen molar-refractivity contribution in [1.82, 2.24) is 33.9 Å². The molecule has 8 N–H and O–H groups in total. The number of pyridine rings is 5. The summed E-state index contributed by atoms with van der Waals surface area (Å²) in [7, 11) is -4.79. The SMILES string of the molecule is CC(C)(C)C(N)CCO.Cc1ccc(S(=O)(=O)n2cc(B3OC(C)(C)C(C)(C)O3)c3cc(F)cnc32)cc1.[C-]#[N+]c1cc(F)c(Cl)nc1Cl.[C-]#[N+]c1cc(F)c(NC(CCO)C(C)(C)C)nc1-c1c[nH]c2ncc(F)cc12.[C-]#[N+]c1cc(F)c(NC(CCO)C(C)(C)C)nc1Cl. The highest BCUT2D eigenvalue weighted by atomic mass is 35.5. The molecular formula is C66H78BCl3F5N13O7S. The molecule has 1 saturated heterocycles. The zero-order chi connectivity index (χ0) is 72.2. The van der Waals surface area contributed by atoms with Crippen molar-refractivity contribution in [3.8, 4) is 11.3 Å². The van der Waals surface area contributed by atoms with Crippen molar-refractivity contribution in [2.75, 3.05) is 30.5 Å². The number of fused-ring (bicyclic) bond motifs is 2. The number of benzene rings is 1. The van der Waals surface area contributed by atoms with Crippen LogP contribution in [0.15, 0.2) is 84.3 Å². The Labute approximate surface area is 571 Å². The van der Waals surface area contributed by atoms with Crippen LogP contribution in [0.2, 0.25) is 15.5 Å². The second-order valence-corrected chi connectivity index (χ2v) is 29.3. The molecule has 1 aliphatic heterocycles. The van der Waals surface area contributed by atoms with E-state index in [4.69, 9.17) is 79.8 Å². The summed E-state index contributed by atoms with van der Waals surface area (Å²) in [5, 5.41) is 33.3. The summed E-state index contributed by atoms with van der Waals surface area (Å²) in [5.41, 5.74) is 6.74. The van der Waals surface area contributed by atoms with Crippen LogP contribution in [-0.2, 0) is 19.3 Å². The van der Waals surface area contributed by atoms with Crippen LogP contribution >= 0.6 is 34.8 Å². The number of H-pyrrole nitrogens is 1. The van der Waals surface area contributed by atoms with Crippen molar-refractivity contribution in [1.29, 1.82) is 0 Å². The highest BCUT2D eigenvalue weighted by Crippen LogP contribution is 2.40. The van der Waals surface area contributed by atoms with Gasteiger partial charge < -0.3 is 46.0 Å². The summed E-state index contributed by atoms with van der Waals surface area (Å²) in [5.74, 6) is -3.12. The normalized spacial score (nSPS) is 14.4. The molecule has 0 amide bonds. The van der Waals surface area contributed by atoms with Crippen molar-refractivity contribution < 1.29 is 55.0 Å². The molecule has 3 atom stereocenters. The molecule has 514 valence electrons.